The summed E-state index contributed by atoms with van der Waals surface area (Å²) in [6.45, 7) is 6.33. The van der Waals surface area contributed by atoms with Crippen molar-refractivity contribution in [3.8, 4) is 0 Å². The Bertz CT molecular complexity index is 1020. The number of hydrogen-bond donors (Lipinski definition) is 1. The van der Waals surface area contributed by atoms with Gasteiger partial charge in [-0.3, -0.25) is 4.79 Å². The summed E-state index contributed by atoms with van der Waals surface area (Å²) < 4.78 is 6.10. The maximum atomic E-state index is 12.4. The van der Waals surface area contributed by atoms with Crippen molar-refractivity contribution in [3.63, 3.8) is 0 Å². The van der Waals surface area contributed by atoms with Gasteiger partial charge in [0.2, 0.25) is 5.91 Å². The molecule has 1 aromatic heterocycles. The molecule has 0 bridgehead atoms. The first kappa shape index (κ1) is 19.8. The fourth-order valence-corrected chi connectivity index (χ4v) is 3.95. The van der Waals surface area contributed by atoms with Gasteiger partial charge in [-0.25, -0.2) is 4.79 Å². The van der Waals surface area contributed by atoms with E-state index < -0.39 is 5.97 Å². The van der Waals surface area contributed by atoms with E-state index in [2.05, 4.69) is 31.3 Å². The summed E-state index contributed by atoms with van der Waals surface area (Å²) in [5.41, 5.74) is 2.61. The second-order valence-electron chi connectivity index (χ2n) is 6.67. The van der Waals surface area contributed by atoms with Crippen molar-refractivity contribution in [2.45, 2.75) is 26.7 Å². The van der Waals surface area contributed by atoms with E-state index in [1.807, 2.05) is 36.4 Å². The molecule has 1 amide bonds. The van der Waals surface area contributed by atoms with Gasteiger partial charge in [0.1, 0.15) is 10.6 Å². The zero-order valence-electron chi connectivity index (χ0n) is 16.2. The summed E-state index contributed by atoms with van der Waals surface area (Å²) in [6.07, 6.45) is 3.24. The highest BCUT2D eigenvalue weighted by Crippen LogP contribution is 2.36. The van der Waals surface area contributed by atoms with Gasteiger partial charge in [0.05, 0.1) is 6.61 Å². The van der Waals surface area contributed by atoms with Crippen LogP contribution in [0.2, 0.25) is 0 Å². The van der Waals surface area contributed by atoms with Crippen LogP contribution in [0.25, 0.3) is 16.2 Å². The van der Waals surface area contributed by atoms with Gasteiger partial charge in [0, 0.05) is 16.2 Å². The maximum absolute atomic E-state index is 12.4. The topological polar surface area (TPSA) is 55.4 Å². The number of thiophene rings is 1. The molecule has 1 N–H and O–H groups in total. The number of hydrogen-bond acceptors (Lipinski definition) is 4. The molecule has 0 atom stereocenters. The number of esters is 1. The first-order chi connectivity index (χ1) is 13.5. The molecule has 2 aromatic carbocycles. The lowest BCUT2D eigenvalue weighted by Gasteiger charge is -2.05. The van der Waals surface area contributed by atoms with E-state index in [1.54, 1.807) is 13.0 Å². The van der Waals surface area contributed by atoms with Crippen molar-refractivity contribution in [1.82, 2.24) is 0 Å². The number of fused-ring (bicyclic) bond motifs is 1. The lowest BCUT2D eigenvalue weighted by atomic mass is 10.0. The minimum absolute atomic E-state index is 0.280. The Morgan fingerprint density at radius 3 is 2.50 bits per heavy atom. The number of benzene rings is 2. The number of carbonyl (C=O) groups excluding carboxylic acids is 2. The molecule has 28 heavy (non-hydrogen) atoms. The van der Waals surface area contributed by atoms with Gasteiger partial charge in [0.25, 0.3) is 0 Å². The second-order valence-corrected chi connectivity index (χ2v) is 7.72. The van der Waals surface area contributed by atoms with Crippen molar-refractivity contribution < 1.29 is 14.3 Å². The lowest BCUT2D eigenvalue weighted by Crippen LogP contribution is -2.12. The molecular formula is C23H23NO3S. The van der Waals surface area contributed by atoms with Crippen LogP contribution in [-0.4, -0.2) is 18.5 Å². The van der Waals surface area contributed by atoms with Crippen LogP contribution in [0, 0.1) is 0 Å². The summed E-state index contributed by atoms with van der Waals surface area (Å²) in [4.78, 5) is 24.8. The predicted octanol–water partition coefficient (Wildman–Crippen LogP) is 5.85. The largest absolute Gasteiger partial charge is 0.462 e. The van der Waals surface area contributed by atoms with E-state index in [4.69, 9.17) is 4.74 Å². The number of carbonyl (C=O) groups is 2. The molecule has 5 heteroatoms. The number of amides is 1. The van der Waals surface area contributed by atoms with Crippen LogP contribution in [0.15, 0.2) is 54.6 Å². The molecule has 0 spiro atoms. The first-order valence-corrected chi connectivity index (χ1v) is 10.1. The molecule has 0 aliphatic heterocycles. The predicted molar refractivity (Wildman–Crippen MR) is 116 cm³/mol. The van der Waals surface area contributed by atoms with Crippen molar-refractivity contribution in [2.75, 3.05) is 11.9 Å². The molecule has 3 aromatic rings. The lowest BCUT2D eigenvalue weighted by molar-refractivity contribution is -0.111. The Morgan fingerprint density at radius 1 is 1.11 bits per heavy atom. The fraction of sp³-hybridized carbons (Fsp3) is 0.217. The van der Waals surface area contributed by atoms with Gasteiger partial charge < -0.3 is 10.1 Å². The smallest absolute Gasteiger partial charge is 0.341 e. The van der Waals surface area contributed by atoms with Crippen molar-refractivity contribution in [2.24, 2.45) is 0 Å². The fourth-order valence-electron chi connectivity index (χ4n) is 2.86. The Kier molecular flexibility index (Phi) is 6.26. The number of anilines is 1. The molecule has 0 aliphatic carbocycles. The minimum Gasteiger partial charge on any atom is -0.462 e. The zero-order chi connectivity index (χ0) is 20.1. The van der Waals surface area contributed by atoms with Gasteiger partial charge in [-0.1, -0.05) is 56.3 Å². The Balaban J connectivity index is 1.80. The molecule has 0 saturated carbocycles. The molecule has 0 unspecified atom stereocenters. The van der Waals surface area contributed by atoms with Crippen LogP contribution < -0.4 is 5.32 Å². The Hall–Kier alpha value is -2.92. The SMILES string of the molecule is CCOC(=O)c1c(NC(=O)C=Cc2ccc(C(C)C)cc2)sc2ccccc12. The van der Waals surface area contributed by atoms with E-state index in [0.29, 0.717) is 16.5 Å². The van der Waals surface area contributed by atoms with Gasteiger partial charge in [0.15, 0.2) is 0 Å². The average molecular weight is 394 g/mol. The van der Waals surface area contributed by atoms with E-state index in [9.17, 15) is 9.59 Å². The molecule has 0 fully saturated rings. The molecule has 0 radical (unpaired) electrons. The normalized spacial score (nSPS) is 11.3. The van der Waals surface area contributed by atoms with Gasteiger partial charge in [-0.15, -0.1) is 11.3 Å². The monoisotopic (exact) mass is 393 g/mol. The third-order valence-electron chi connectivity index (χ3n) is 4.34. The highest BCUT2D eigenvalue weighted by atomic mass is 32.1. The van der Waals surface area contributed by atoms with Crippen LogP contribution in [0.5, 0.6) is 0 Å². The van der Waals surface area contributed by atoms with Crippen molar-refractivity contribution in [3.05, 3.63) is 71.3 Å². The third kappa shape index (κ3) is 4.49. The molecule has 1 heterocycles. The van der Waals surface area contributed by atoms with Crippen LogP contribution in [0.3, 0.4) is 0 Å². The minimum atomic E-state index is -0.427. The number of rotatable bonds is 6. The van der Waals surface area contributed by atoms with Crippen LogP contribution in [0.1, 0.15) is 48.2 Å². The molecule has 4 nitrogen and oxygen atoms in total. The molecule has 3 rings (SSSR count). The molecule has 144 valence electrons. The van der Waals surface area contributed by atoms with Crippen LogP contribution in [-0.2, 0) is 9.53 Å². The van der Waals surface area contributed by atoms with E-state index in [0.717, 1.165) is 15.6 Å². The van der Waals surface area contributed by atoms with Crippen molar-refractivity contribution in [1.29, 1.82) is 0 Å². The van der Waals surface area contributed by atoms with Gasteiger partial charge >= 0.3 is 5.97 Å². The summed E-state index contributed by atoms with van der Waals surface area (Å²) in [5.74, 6) is -0.246. The molecular weight excluding hydrogens is 370 g/mol. The number of ether oxygens (including phenoxy) is 1. The van der Waals surface area contributed by atoms with Gasteiger partial charge in [-0.05, 0) is 36.1 Å². The summed E-state index contributed by atoms with van der Waals surface area (Å²) >= 11 is 1.37. The second kappa shape index (κ2) is 8.85. The van der Waals surface area contributed by atoms with Gasteiger partial charge in [-0.2, -0.15) is 0 Å². The first-order valence-electron chi connectivity index (χ1n) is 9.27. The molecule has 0 saturated heterocycles. The quantitative estimate of drug-likeness (QED) is 0.422. The Labute approximate surface area is 168 Å². The van der Waals surface area contributed by atoms with Crippen molar-refractivity contribution >= 4 is 44.4 Å². The van der Waals surface area contributed by atoms with Crippen LogP contribution >= 0.6 is 11.3 Å². The standard InChI is InChI=1S/C23H23NO3S/c1-4-27-23(26)21-18-7-5-6-8-19(18)28-22(21)24-20(25)14-11-16-9-12-17(13-10-16)15(2)3/h5-15H,4H2,1-3H3,(H,24,25). The average Bonchev–Trinajstić information content (AvgIpc) is 3.04. The highest BCUT2D eigenvalue weighted by Gasteiger charge is 2.20. The summed E-state index contributed by atoms with van der Waals surface area (Å²) in [7, 11) is 0. The number of nitrogens with one attached hydrogen (secondary N) is 1. The summed E-state index contributed by atoms with van der Waals surface area (Å²) in [5, 5.41) is 4.12. The maximum Gasteiger partial charge on any atom is 0.341 e. The Morgan fingerprint density at radius 2 is 1.82 bits per heavy atom. The van der Waals surface area contributed by atoms with E-state index in [-0.39, 0.29) is 12.5 Å². The summed E-state index contributed by atoms with van der Waals surface area (Å²) in [6, 6.07) is 15.7. The zero-order valence-corrected chi connectivity index (χ0v) is 17.0. The highest BCUT2D eigenvalue weighted by molar-refractivity contribution is 7.23. The molecule has 0 aliphatic rings. The van der Waals surface area contributed by atoms with E-state index in [1.165, 1.54) is 23.0 Å². The van der Waals surface area contributed by atoms with Crippen LogP contribution in [0.4, 0.5) is 5.00 Å². The third-order valence-corrected chi connectivity index (χ3v) is 5.43. The van der Waals surface area contributed by atoms with E-state index >= 15 is 0 Å².